The van der Waals surface area contributed by atoms with Crippen LogP contribution in [0.2, 0.25) is 0 Å². The number of carbonyl (C=O) groups excluding carboxylic acids is 1. The number of hydrogen-bond donors (Lipinski definition) is 0. The van der Waals surface area contributed by atoms with E-state index in [2.05, 4.69) is 10.2 Å². The summed E-state index contributed by atoms with van der Waals surface area (Å²) in [6, 6.07) is 7.27. The van der Waals surface area contributed by atoms with E-state index in [1.165, 1.54) is 4.57 Å². The molecule has 23 heavy (non-hydrogen) atoms. The molecule has 0 saturated heterocycles. The van der Waals surface area contributed by atoms with E-state index >= 15 is 0 Å². The molecule has 0 amide bonds. The molecule has 118 valence electrons. The molecule has 0 unspecified atom stereocenters. The van der Waals surface area contributed by atoms with Crippen molar-refractivity contribution >= 4 is 22.6 Å². The zero-order chi connectivity index (χ0) is 16.0. The summed E-state index contributed by atoms with van der Waals surface area (Å²) in [5.41, 5.74) is 0.587. The highest BCUT2D eigenvalue weighted by Gasteiger charge is 2.27. The van der Waals surface area contributed by atoms with Crippen LogP contribution in [-0.2, 0) is 23.2 Å². The maximum Gasteiger partial charge on any atom is 0.309 e. The molecule has 1 aliphatic rings. The average molecular weight is 312 g/mol. The van der Waals surface area contributed by atoms with Crippen molar-refractivity contribution in [2.75, 3.05) is 0 Å². The zero-order valence-corrected chi connectivity index (χ0v) is 12.7. The largest absolute Gasteiger partial charge is 0.457 e. The summed E-state index contributed by atoms with van der Waals surface area (Å²) in [5.74, 6) is 0.792. The molecule has 1 fully saturated rings. The van der Waals surface area contributed by atoms with Crippen LogP contribution in [-0.4, -0.2) is 25.1 Å². The molecular weight excluding hydrogens is 296 g/mol. The van der Waals surface area contributed by atoms with Gasteiger partial charge in [0.15, 0.2) is 12.4 Å². The van der Waals surface area contributed by atoms with Gasteiger partial charge in [0.2, 0.25) is 5.78 Å². The topological polar surface area (TPSA) is 78.5 Å². The first kappa shape index (κ1) is 13.9. The predicted molar refractivity (Wildman–Crippen MR) is 82.9 cm³/mol. The van der Waals surface area contributed by atoms with Gasteiger partial charge in [-0.3, -0.25) is 18.6 Å². The molecule has 0 aliphatic heterocycles. The Morgan fingerprint density at radius 2 is 2.09 bits per heavy atom. The van der Waals surface area contributed by atoms with Gasteiger partial charge in [-0.2, -0.15) is 0 Å². The van der Waals surface area contributed by atoms with Crippen molar-refractivity contribution in [2.45, 2.75) is 25.9 Å². The van der Waals surface area contributed by atoms with Gasteiger partial charge in [0, 0.05) is 7.05 Å². The molecule has 7 heteroatoms. The standard InChI is InChI=1S/C16H16N4O3/c1-19-14(21)11-7-2-3-8-12(11)20-13(17-18-16(19)20)9-23-15(22)10-5-4-6-10/h2-3,7-8,10H,4-6,9H2,1H3. The quantitative estimate of drug-likeness (QED) is 0.684. The molecule has 3 aromatic rings. The predicted octanol–water partition coefficient (Wildman–Crippen LogP) is 1.42. The normalized spacial score (nSPS) is 15.0. The fourth-order valence-electron chi connectivity index (χ4n) is 2.88. The number of para-hydroxylation sites is 1. The van der Waals surface area contributed by atoms with E-state index in [1.807, 2.05) is 18.2 Å². The second-order valence-electron chi connectivity index (χ2n) is 5.87. The third kappa shape index (κ3) is 2.11. The zero-order valence-electron chi connectivity index (χ0n) is 12.7. The lowest BCUT2D eigenvalue weighted by atomic mass is 9.86. The monoisotopic (exact) mass is 312 g/mol. The minimum absolute atomic E-state index is 0.0234. The average Bonchev–Trinajstić information content (AvgIpc) is 2.93. The first-order valence-electron chi connectivity index (χ1n) is 7.65. The first-order chi connectivity index (χ1) is 11.2. The Balaban J connectivity index is 1.78. The van der Waals surface area contributed by atoms with Crippen LogP contribution >= 0.6 is 0 Å². The number of hydrogen-bond acceptors (Lipinski definition) is 5. The van der Waals surface area contributed by atoms with Gasteiger partial charge in [0.05, 0.1) is 16.8 Å². The molecule has 1 saturated carbocycles. The molecule has 0 bridgehead atoms. The molecule has 4 rings (SSSR count). The third-order valence-corrected chi connectivity index (χ3v) is 4.48. The minimum atomic E-state index is -0.179. The second kappa shape index (κ2) is 5.19. The van der Waals surface area contributed by atoms with Gasteiger partial charge < -0.3 is 4.74 Å². The van der Waals surface area contributed by atoms with Crippen molar-refractivity contribution in [1.82, 2.24) is 19.2 Å². The van der Waals surface area contributed by atoms with Crippen molar-refractivity contribution in [2.24, 2.45) is 13.0 Å². The fourth-order valence-corrected chi connectivity index (χ4v) is 2.88. The first-order valence-corrected chi connectivity index (χ1v) is 7.65. The van der Waals surface area contributed by atoms with Gasteiger partial charge in [0.1, 0.15) is 0 Å². The number of rotatable bonds is 3. The van der Waals surface area contributed by atoms with E-state index in [4.69, 9.17) is 4.74 Å². The van der Waals surface area contributed by atoms with Crippen molar-refractivity contribution in [3.05, 3.63) is 40.4 Å². The Bertz CT molecular complexity index is 969. The highest BCUT2D eigenvalue weighted by molar-refractivity contribution is 5.80. The van der Waals surface area contributed by atoms with E-state index in [0.29, 0.717) is 22.5 Å². The maximum atomic E-state index is 12.3. The van der Waals surface area contributed by atoms with Gasteiger partial charge in [-0.1, -0.05) is 18.6 Å². The number of esters is 1. The molecule has 2 aromatic heterocycles. The number of nitrogens with zero attached hydrogens (tertiary/aromatic N) is 4. The van der Waals surface area contributed by atoms with E-state index in [0.717, 1.165) is 19.3 Å². The number of benzene rings is 1. The number of ether oxygens (including phenoxy) is 1. The smallest absolute Gasteiger partial charge is 0.309 e. The van der Waals surface area contributed by atoms with Crippen LogP contribution in [0.25, 0.3) is 16.7 Å². The highest BCUT2D eigenvalue weighted by atomic mass is 16.5. The minimum Gasteiger partial charge on any atom is -0.457 e. The van der Waals surface area contributed by atoms with Crippen molar-refractivity contribution in [3.63, 3.8) is 0 Å². The van der Waals surface area contributed by atoms with Crippen LogP contribution < -0.4 is 5.56 Å². The Hall–Kier alpha value is -2.70. The summed E-state index contributed by atoms with van der Waals surface area (Å²) in [5, 5.41) is 8.75. The molecule has 7 nitrogen and oxygen atoms in total. The Morgan fingerprint density at radius 1 is 1.30 bits per heavy atom. The van der Waals surface area contributed by atoms with Gasteiger partial charge in [-0.05, 0) is 25.0 Å². The van der Waals surface area contributed by atoms with Gasteiger partial charge in [-0.25, -0.2) is 0 Å². The molecule has 0 spiro atoms. The van der Waals surface area contributed by atoms with Crippen LogP contribution in [0, 0.1) is 5.92 Å². The molecule has 0 atom stereocenters. The Morgan fingerprint density at radius 3 is 2.83 bits per heavy atom. The van der Waals surface area contributed by atoms with Crippen molar-refractivity contribution in [3.8, 4) is 0 Å². The molecular formula is C16H16N4O3. The van der Waals surface area contributed by atoms with Crippen molar-refractivity contribution < 1.29 is 9.53 Å². The van der Waals surface area contributed by atoms with Crippen LogP contribution in [0.3, 0.4) is 0 Å². The van der Waals surface area contributed by atoms with Crippen molar-refractivity contribution in [1.29, 1.82) is 0 Å². The van der Waals surface area contributed by atoms with Crippen LogP contribution in [0.15, 0.2) is 29.1 Å². The fraction of sp³-hybridized carbons (Fsp3) is 0.375. The highest BCUT2D eigenvalue weighted by Crippen LogP contribution is 2.27. The number of carbonyl (C=O) groups is 1. The summed E-state index contributed by atoms with van der Waals surface area (Å²) >= 11 is 0. The summed E-state index contributed by atoms with van der Waals surface area (Å²) < 4.78 is 8.59. The summed E-state index contributed by atoms with van der Waals surface area (Å²) in [4.78, 5) is 24.3. The lowest BCUT2D eigenvalue weighted by Crippen LogP contribution is -2.24. The number of fused-ring (bicyclic) bond motifs is 3. The lowest BCUT2D eigenvalue weighted by molar-refractivity contribution is -0.153. The van der Waals surface area contributed by atoms with Gasteiger partial charge in [-0.15, -0.1) is 10.2 Å². The maximum absolute atomic E-state index is 12.3. The SMILES string of the molecule is Cn1c(=O)c2ccccc2n2c(COC(=O)C3CCC3)nnc12. The third-order valence-electron chi connectivity index (χ3n) is 4.48. The Kier molecular flexibility index (Phi) is 3.14. The summed E-state index contributed by atoms with van der Waals surface area (Å²) in [7, 11) is 1.66. The van der Waals surface area contributed by atoms with E-state index in [-0.39, 0.29) is 24.1 Å². The molecule has 0 radical (unpaired) electrons. The lowest BCUT2D eigenvalue weighted by Gasteiger charge is -2.22. The van der Waals surface area contributed by atoms with Crippen LogP contribution in [0.1, 0.15) is 25.1 Å². The second-order valence-corrected chi connectivity index (χ2v) is 5.87. The summed E-state index contributed by atoms with van der Waals surface area (Å²) in [6.07, 6.45) is 2.88. The molecule has 0 N–H and O–H groups in total. The Labute approximate surface area is 131 Å². The van der Waals surface area contributed by atoms with Crippen LogP contribution in [0.5, 0.6) is 0 Å². The van der Waals surface area contributed by atoms with Crippen LogP contribution in [0.4, 0.5) is 0 Å². The van der Waals surface area contributed by atoms with E-state index in [1.54, 1.807) is 17.5 Å². The van der Waals surface area contributed by atoms with Gasteiger partial charge >= 0.3 is 5.97 Å². The molecule has 2 heterocycles. The number of aromatic nitrogens is 4. The van der Waals surface area contributed by atoms with Gasteiger partial charge in [0.25, 0.3) is 5.56 Å². The van der Waals surface area contributed by atoms with E-state index < -0.39 is 0 Å². The molecule has 1 aliphatic carbocycles. The summed E-state index contributed by atoms with van der Waals surface area (Å²) in [6.45, 7) is 0.0543. The molecule has 1 aromatic carbocycles. The van der Waals surface area contributed by atoms with E-state index in [9.17, 15) is 9.59 Å². The number of aryl methyl sites for hydroxylation is 1.